The molecule has 0 bridgehead atoms. The zero-order valence-electron chi connectivity index (χ0n) is 14.9. The Balaban J connectivity index is 1.89. The van der Waals surface area contributed by atoms with E-state index in [1.165, 1.54) is 13.0 Å². The first-order valence-electron chi connectivity index (χ1n) is 8.42. The van der Waals surface area contributed by atoms with Crippen molar-refractivity contribution in [3.05, 3.63) is 64.4 Å². The van der Waals surface area contributed by atoms with E-state index in [1.54, 1.807) is 41.3 Å². The molecule has 26 heavy (non-hydrogen) atoms. The van der Waals surface area contributed by atoms with E-state index in [2.05, 4.69) is 5.32 Å². The third-order valence-corrected chi connectivity index (χ3v) is 4.61. The Morgan fingerprint density at radius 3 is 2.54 bits per heavy atom. The SMILES string of the molecule is CC(=O)N(CCC(=O)Nc1cccc(Cl)c1C)CCc1ccccc1F. The third-order valence-electron chi connectivity index (χ3n) is 4.20. The van der Waals surface area contributed by atoms with E-state index in [-0.39, 0.29) is 30.6 Å². The number of carbonyl (C=O) groups excluding carboxylic acids is 2. The lowest BCUT2D eigenvalue weighted by molar-refractivity contribution is -0.129. The Kier molecular flexibility index (Phi) is 7.16. The van der Waals surface area contributed by atoms with Crippen LogP contribution in [-0.4, -0.2) is 29.8 Å². The van der Waals surface area contributed by atoms with Crippen molar-refractivity contribution < 1.29 is 14.0 Å². The fourth-order valence-electron chi connectivity index (χ4n) is 2.58. The van der Waals surface area contributed by atoms with Gasteiger partial charge in [0.05, 0.1) is 0 Å². The first-order valence-corrected chi connectivity index (χ1v) is 8.80. The molecule has 0 aliphatic carbocycles. The van der Waals surface area contributed by atoms with E-state index in [0.29, 0.717) is 29.2 Å². The van der Waals surface area contributed by atoms with Crippen LogP contribution >= 0.6 is 11.6 Å². The zero-order valence-corrected chi connectivity index (χ0v) is 15.6. The van der Waals surface area contributed by atoms with E-state index < -0.39 is 0 Å². The molecule has 2 aromatic rings. The van der Waals surface area contributed by atoms with E-state index in [9.17, 15) is 14.0 Å². The van der Waals surface area contributed by atoms with Crippen LogP contribution in [0.4, 0.5) is 10.1 Å². The monoisotopic (exact) mass is 376 g/mol. The molecule has 138 valence electrons. The van der Waals surface area contributed by atoms with Crippen LogP contribution in [0.5, 0.6) is 0 Å². The Morgan fingerprint density at radius 2 is 1.85 bits per heavy atom. The minimum Gasteiger partial charge on any atom is -0.342 e. The summed E-state index contributed by atoms with van der Waals surface area (Å²) in [6, 6.07) is 11.8. The van der Waals surface area contributed by atoms with Crippen molar-refractivity contribution in [3.63, 3.8) is 0 Å². The summed E-state index contributed by atoms with van der Waals surface area (Å²) >= 11 is 6.04. The van der Waals surface area contributed by atoms with Gasteiger partial charge in [0.1, 0.15) is 5.82 Å². The van der Waals surface area contributed by atoms with Crippen LogP contribution in [-0.2, 0) is 16.0 Å². The number of nitrogens with zero attached hydrogens (tertiary/aromatic N) is 1. The number of rotatable bonds is 7. The molecule has 1 N–H and O–H groups in total. The predicted molar refractivity (Wildman–Crippen MR) is 102 cm³/mol. The molecular weight excluding hydrogens is 355 g/mol. The highest BCUT2D eigenvalue weighted by molar-refractivity contribution is 6.31. The fourth-order valence-corrected chi connectivity index (χ4v) is 2.75. The highest BCUT2D eigenvalue weighted by Gasteiger charge is 2.13. The number of carbonyl (C=O) groups is 2. The molecule has 0 atom stereocenters. The van der Waals surface area contributed by atoms with E-state index in [1.807, 2.05) is 6.92 Å². The number of hydrogen-bond acceptors (Lipinski definition) is 2. The first kappa shape index (κ1) is 19.9. The number of benzene rings is 2. The summed E-state index contributed by atoms with van der Waals surface area (Å²) in [6.07, 6.45) is 0.560. The summed E-state index contributed by atoms with van der Waals surface area (Å²) in [5, 5.41) is 3.39. The van der Waals surface area contributed by atoms with E-state index >= 15 is 0 Å². The van der Waals surface area contributed by atoms with Gasteiger partial charge in [-0.2, -0.15) is 0 Å². The van der Waals surface area contributed by atoms with Crippen LogP contribution in [0.1, 0.15) is 24.5 Å². The second kappa shape index (κ2) is 9.34. The number of halogens is 2. The molecule has 0 aliphatic rings. The molecule has 0 heterocycles. The maximum atomic E-state index is 13.7. The second-order valence-electron chi connectivity index (χ2n) is 6.06. The van der Waals surface area contributed by atoms with Gasteiger partial charge < -0.3 is 10.2 Å². The molecule has 0 fully saturated rings. The lowest BCUT2D eigenvalue weighted by Gasteiger charge is -2.21. The summed E-state index contributed by atoms with van der Waals surface area (Å²) in [6.45, 7) is 3.91. The minimum absolute atomic E-state index is 0.145. The highest BCUT2D eigenvalue weighted by Crippen LogP contribution is 2.23. The first-order chi connectivity index (χ1) is 12.4. The van der Waals surface area contributed by atoms with Crippen LogP contribution in [0.2, 0.25) is 5.02 Å². The van der Waals surface area contributed by atoms with Gasteiger partial charge in [-0.3, -0.25) is 9.59 Å². The second-order valence-corrected chi connectivity index (χ2v) is 6.47. The molecule has 6 heteroatoms. The molecule has 0 radical (unpaired) electrons. The van der Waals surface area contributed by atoms with Gasteiger partial charge in [0.25, 0.3) is 0 Å². The summed E-state index contributed by atoms with van der Waals surface area (Å²) in [7, 11) is 0. The molecule has 0 unspecified atom stereocenters. The van der Waals surface area contributed by atoms with Crippen LogP contribution in [0.3, 0.4) is 0 Å². The molecular formula is C20H22ClFN2O2. The van der Waals surface area contributed by atoms with Gasteiger partial charge >= 0.3 is 0 Å². The summed E-state index contributed by atoms with van der Waals surface area (Å²) in [5.41, 5.74) is 2.01. The number of hydrogen-bond donors (Lipinski definition) is 1. The zero-order chi connectivity index (χ0) is 19.1. The molecule has 0 aromatic heterocycles. The quantitative estimate of drug-likeness (QED) is 0.787. The molecule has 0 aliphatic heterocycles. The van der Waals surface area contributed by atoms with Crippen molar-refractivity contribution in [1.82, 2.24) is 4.90 Å². The molecule has 0 spiro atoms. The van der Waals surface area contributed by atoms with Gasteiger partial charge in [-0.05, 0) is 42.7 Å². The van der Waals surface area contributed by atoms with Crippen LogP contribution in [0.15, 0.2) is 42.5 Å². The van der Waals surface area contributed by atoms with Gasteiger partial charge in [0.2, 0.25) is 11.8 Å². The average Bonchev–Trinajstić information content (AvgIpc) is 2.60. The number of anilines is 1. The molecule has 4 nitrogen and oxygen atoms in total. The van der Waals surface area contributed by atoms with Gasteiger partial charge in [-0.25, -0.2) is 4.39 Å². The fraction of sp³-hybridized carbons (Fsp3) is 0.300. The normalized spacial score (nSPS) is 10.5. The summed E-state index contributed by atoms with van der Waals surface area (Å²) in [5.74, 6) is -0.634. The van der Waals surface area contributed by atoms with Crippen molar-refractivity contribution in [3.8, 4) is 0 Å². The van der Waals surface area contributed by atoms with Crippen molar-refractivity contribution in [2.75, 3.05) is 18.4 Å². The molecule has 2 aromatic carbocycles. The van der Waals surface area contributed by atoms with Gasteiger partial charge in [-0.15, -0.1) is 0 Å². The van der Waals surface area contributed by atoms with Crippen molar-refractivity contribution in [1.29, 1.82) is 0 Å². The average molecular weight is 377 g/mol. The predicted octanol–water partition coefficient (Wildman–Crippen LogP) is 4.21. The highest BCUT2D eigenvalue weighted by atomic mass is 35.5. The summed E-state index contributed by atoms with van der Waals surface area (Å²) < 4.78 is 13.7. The summed E-state index contributed by atoms with van der Waals surface area (Å²) in [4.78, 5) is 25.5. The van der Waals surface area contributed by atoms with E-state index in [0.717, 1.165) is 5.56 Å². The van der Waals surface area contributed by atoms with Gasteiger partial charge in [0, 0.05) is 37.1 Å². The smallest absolute Gasteiger partial charge is 0.226 e. The van der Waals surface area contributed by atoms with Crippen LogP contribution in [0, 0.1) is 12.7 Å². The van der Waals surface area contributed by atoms with Crippen LogP contribution < -0.4 is 5.32 Å². The topological polar surface area (TPSA) is 49.4 Å². The van der Waals surface area contributed by atoms with Crippen LogP contribution in [0.25, 0.3) is 0 Å². The van der Waals surface area contributed by atoms with Gasteiger partial charge in [-0.1, -0.05) is 35.9 Å². The maximum absolute atomic E-state index is 13.7. The van der Waals surface area contributed by atoms with Crippen molar-refractivity contribution in [2.45, 2.75) is 26.7 Å². The molecule has 0 saturated carbocycles. The van der Waals surface area contributed by atoms with E-state index in [4.69, 9.17) is 11.6 Å². The van der Waals surface area contributed by atoms with Crippen molar-refractivity contribution >= 4 is 29.1 Å². The third kappa shape index (κ3) is 5.56. The Hall–Kier alpha value is -2.40. The standard InChI is InChI=1S/C20H22ClFN2O2/c1-14-17(21)7-5-9-19(14)23-20(26)11-13-24(15(2)25)12-10-16-6-3-4-8-18(16)22/h3-9H,10-13H2,1-2H3,(H,23,26). The number of amides is 2. The van der Waals surface area contributed by atoms with Crippen molar-refractivity contribution in [2.24, 2.45) is 0 Å². The Labute approximate surface area is 158 Å². The largest absolute Gasteiger partial charge is 0.342 e. The lowest BCUT2D eigenvalue weighted by Crippen LogP contribution is -2.34. The molecule has 2 rings (SSSR count). The Bertz CT molecular complexity index is 795. The Morgan fingerprint density at radius 1 is 1.12 bits per heavy atom. The lowest BCUT2D eigenvalue weighted by atomic mass is 10.1. The number of nitrogens with one attached hydrogen (secondary N) is 1. The molecule has 2 amide bonds. The minimum atomic E-state index is -0.287. The maximum Gasteiger partial charge on any atom is 0.226 e. The molecule has 0 saturated heterocycles. The van der Waals surface area contributed by atoms with Gasteiger partial charge in [0.15, 0.2) is 0 Å².